The van der Waals surface area contributed by atoms with Crippen molar-refractivity contribution >= 4 is 39.9 Å². The number of halogens is 1. The molecule has 0 aliphatic rings. The molecule has 0 aromatic heterocycles. The summed E-state index contributed by atoms with van der Waals surface area (Å²) in [7, 11) is 0. The highest BCUT2D eigenvalue weighted by atomic mass is 127. The van der Waals surface area contributed by atoms with Gasteiger partial charge in [-0.2, -0.15) is 0 Å². The van der Waals surface area contributed by atoms with Crippen LogP contribution in [0.3, 0.4) is 0 Å². The van der Waals surface area contributed by atoms with Crippen molar-refractivity contribution in [3.63, 3.8) is 0 Å². The van der Waals surface area contributed by atoms with Crippen LogP contribution in [0, 0.1) is 3.57 Å². The molecule has 0 heterocycles. The fraction of sp³-hybridized carbons (Fsp3) is 0.188. The summed E-state index contributed by atoms with van der Waals surface area (Å²) in [5, 5.41) is 2.92. The van der Waals surface area contributed by atoms with Crippen LogP contribution in [0.2, 0.25) is 0 Å². The molecule has 1 N–H and O–H groups in total. The second-order valence-corrected chi connectivity index (χ2v) is 5.65. The molecule has 0 fully saturated rings. The minimum absolute atomic E-state index is 0.00286. The average molecular weight is 380 g/mol. The monoisotopic (exact) mass is 380 g/mol. The summed E-state index contributed by atoms with van der Waals surface area (Å²) in [4.78, 5) is 14.1. The lowest BCUT2D eigenvalue weighted by Gasteiger charge is -2.22. The molecule has 0 bridgehead atoms. The molecule has 2 rings (SSSR count). The molecule has 0 spiro atoms. The number of para-hydroxylation sites is 1. The molecule has 4 heteroatoms. The lowest BCUT2D eigenvalue weighted by molar-refractivity contribution is -0.115. The minimum atomic E-state index is -0.00286. The SMILES string of the molecule is CCN(CC(=O)Nc1ccc(I)cc1)c1ccccc1. The molecule has 0 saturated heterocycles. The average Bonchev–Trinajstić information content (AvgIpc) is 2.48. The minimum Gasteiger partial charge on any atom is -0.362 e. The normalized spacial score (nSPS) is 10.1. The first-order valence-electron chi connectivity index (χ1n) is 6.54. The zero-order valence-corrected chi connectivity index (χ0v) is 13.5. The number of hydrogen-bond acceptors (Lipinski definition) is 2. The highest BCUT2D eigenvalue weighted by Crippen LogP contribution is 2.14. The Bertz CT molecular complexity index is 554. The standard InChI is InChI=1S/C16H17IN2O/c1-2-19(15-6-4-3-5-7-15)12-16(20)18-14-10-8-13(17)9-11-14/h3-11H,2,12H2,1H3,(H,18,20). The summed E-state index contributed by atoms with van der Waals surface area (Å²) < 4.78 is 1.15. The zero-order chi connectivity index (χ0) is 14.4. The van der Waals surface area contributed by atoms with Crippen molar-refractivity contribution in [1.29, 1.82) is 0 Å². The quantitative estimate of drug-likeness (QED) is 0.802. The Morgan fingerprint density at radius 2 is 1.75 bits per heavy atom. The molecule has 2 aromatic rings. The smallest absolute Gasteiger partial charge is 0.243 e. The molecule has 20 heavy (non-hydrogen) atoms. The van der Waals surface area contributed by atoms with E-state index in [9.17, 15) is 4.79 Å². The highest BCUT2D eigenvalue weighted by molar-refractivity contribution is 14.1. The number of nitrogens with zero attached hydrogens (tertiary/aromatic N) is 1. The number of nitrogens with one attached hydrogen (secondary N) is 1. The molecule has 0 radical (unpaired) electrons. The first kappa shape index (κ1) is 14.8. The molecular weight excluding hydrogens is 363 g/mol. The zero-order valence-electron chi connectivity index (χ0n) is 11.3. The van der Waals surface area contributed by atoms with Gasteiger partial charge in [0.25, 0.3) is 0 Å². The predicted molar refractivity (Wildman–Crippen MR) is 92.1 cm³/mol. The van der Waals surface area contributed by atoms with E-state index in [2.05, 4.69) is 27.9 Å². The number of likely N-dealkylation sites (N-methyl/N-ethyl adjacent to an activating group) is 1. The summed E-state index contributed by atoms with van der Waals surface area (Å²) in [5.74, 6) is -0.00286. The molecule has 2 aromatic carbocycles. The van der Waals surface area contributed by atoms with Crippen molar-refractivity contribution in [1.82, 2.24) is 0 Å². The molecule has 0 aliphatic carbocycles. The summed E-state index contributed by atoms with van der Waals surface area (Å²) in [6, 6.07) is 17.8. The van der Waals surface area contributed by atoms with Crippen molar-refractivity contribution in [3.05, 3.63) is 58.2 Å². The van der Waals surface area contributed by atoms with Crippen LogP contribution in [-0.4, -0.2) is 19.0 Å². The summed E-state index contributed by atoms with van der Waals surface area (Å²) in [5.41, 5.74) is 1.90. The first-order chi connectivity index (χ1) is 9.69. The third-order valence-electron chi connectivity index (χ3n) is 2.97. The second kappa shape index (κ2) is 7.28. The maximum Gasteiger partial charge on any atom is 0.243 e. The van der Waals surface area contributed by atoms with Gasteiger partial charge in [-0.25, -0.2) is 0 Å². The summed E-state index contributed by atoms with van der Waals surface area (Å²) >= 11 is 2.24. The molecule has 1 amide bonds. The number of amides is 1. The van der Waals surface area contributed by atoms with Crippen LogP contribution in [0.15, 0.2) is 54.6 Å². The van der Waals surface area contributed by atoms with E-state index >= 15 is 0 Å². The van der Waals surface area contributed by atoms with Crippen molar-refractivity contribution in [2.75, 3.05) is 23.3 Å². The number of anilines is 2. The fourth-order valence-corrected chi connectivity index (χ4v) is 2.29. The Morgan fingerprint density at radius 3 is 2.35 bits per heavy atom. The summed E-state index contributed by atoms with van der Waals surface area (Å²) in [6.07, 6.45) is 0. The fourth-order valence-electron chi connectivity index (χ4n) is 1.93. The van der Waals surface area contributed by atoms with E-state index in [1.165, 1.54) is 0 Å². The molecule has 0 saturated carbocycles. The summed E-state index contributed by atoms with van der Waals surface area (Å²) in [6.45, 7) is 3.20. The molecule has 3 nitrogen and oxygen atoms in total. The Labute approximate surface area is 133 Å². The van der Waals surface area contributed by atoms with Crippen molar-refractivity contribution in [3.8, 4) is 0 Å². The van der Waals surface area contributed by atoms with Gasteiger partial charge in [0.15, 0.2) is 0 Å². The van der Waals surface area contributed by atoms with Crippen LogP contribution in [0.5, 0.6) is 0 Å². The largest absolute Gasteiger partial charge is 0.362 e. The van der Waals surface area contributed by atoms with E-state index in [4.69, 9.17) is 0 Å². The third-order valence-corrected chi connectivity index (χ3v) is 3.68. The van der Waals surface area contributed by atoms with Gasteiger partial charge in [0.1, 0.15) is 0 Å². The van der Waals surface area contributed by atoms with Gasteiger partial charge in [-0.1, -0.05) is 18.2 Å². The lowest BCUT2D eigenvalue weighted by Crippen LogP contribution is -2.33. The van der Waals surface area contributed by atoms with E-state index in [0.717, 1.165) is 21.5 Å². The third kappa shape index (κ3) is 4.23. The molecule has 0 atom stereocenters. The van der Waals surface area contributed by atoms with Crippen LogP contribution in [0.1, 0.15) is 6.92 Å². The van der Waals surface area contributed by atoms with Crippen molar-refractivity contribution in [2.24, 2.45) is 0 Å². The Balaban J connectivity index is 1.97. The van der Waals surface area contributed by atoms with Crippen molar-refractivity contribution < 1.29 is 4.79 Å². The number of hydrogen-bond donors (Lipinski definition) is 1. The van der Waals surface area contributed by atoms with Crippen LogP contribution in [0.25, 0.3) is 0 Å². The van der Waals surface area contributed by atoms with Gasteiger partial charge in [-0.05, 0) is 65.9 Å². The van der Waals surface area contributed by atoms with E-state index in [1.807, 2.05) is 66.4 Å². The molecule has 0 aliphatic heterocycles. The molecular formula is C16H17IN2O. The Kier molecular flexibility index (Phi) is 5.40. The maximum absolute atomic E-state index is 12.1. The van der Waals surface area contributed by atoms with E-state index in [0.29, 0.717) is 6.54 Å². The number of carbonyl (C=O) groups is 1. The van der Waals surface area contributed by atoms with Gasteiger partial charge < -0.3 is 10.2 Å². The van der Waals surface area contributed by atoms with Crippen LogP contribution < -0.4 is 10.2 Å². The maximum atomic E-state index is 12.1. The van der Waals surface area contributed by atoms with Crippen molar-refractivity contribution in [2.45, 2.75) is 6.92 Å². The van der Waals surface area contributed by atoms with Gasteiger partial charge in [0, 0.05) is 21.5 Å². The lowest BCUT2D eigenvalue weighted by atomic mass is 10.2. The van der Waals surface area contributed by atoms with Gasteiger partial charge in [-0.3, -0.25) is 4.79 Å². The number of benzene rings is 2. The van der Waals surface area contributed by atoms with Gasteiger partial charge in [-0.15, -0.1) is 0 Å². The molecule has 104 valence electrons. The van der Waals surface area contributed by atoms with Gasteiger partial charge in [0.2, 0.25) is 5.91 Å². The van der Waals surface area contributed by atoms with E-state index < -0.39 is 0 Å². The topological polar surface area (TPSA) is 32.3 Å². The van der Waals surface area contributed by atoms with Gasteiger partial charge >= 0.3 is 0 Å². The van der Waals surface area contributed by atoms with Crippen LogP contribution in [0.4, 0.5) is 11.4 Å². The highest BCUT2D eigenvalue weighted by Gasteiger charge is 2.09. The van der Waals surface area contributed by atoms with E-state index in [-0.39, 0.29) is 5.91 Å². The number of carbonyl (C=O) groups excluding carboxylic acids is 1. The second-order valence-electron chi connectivity index (χ2n) is 4.40. The van der Waals surface area contributed by atoms with E-state index in [1.54, 1.807) is 0 Å². The Hall–Kier alpha value is -1.56. The van der Waals surface area contributed by atoms with Gasteiger partial charge in [0.05, 0.1) is 6.54 Å². The Morgan fingerprint density at radius 1 is 1.10 bits per heavy atom. The number of rotatable bonds is 5. The first-order valence-corrected chi connectivity index (χ1v) is 7.62. The molecule has 0 unspecified atom stereocenters. The predicted octanol–water partition coefficient (Wildman–Crippen LogP) is 3.76. The van der Waals surface area contributed by atoms with Crippen LogP contribution >= 0.6 is 22.6 Å². The van der Waals surface area contributed by atoms with Crippen LogP contribution in [-0.2, 0) is 4.79 Å².